The first-order valence-electron chi connectivity index (χ1n) is 25.7. The van der Waals surface area contributed by atoms with Gasteiger partial charge in [0.05, 0.1) is 43.1 Å². The SMILES string of the molecule is CCC1(COCCCCOc2ccc(C(=O)Oc3ccc(OC(=O)c4ccc(C(=O)OC5CCC6(C)C(=CCC7C6CCC6(C)C(C(C)CCCC(C)C)CCC76)C5)cc4)cc3)cc2)COC1. The van der Waals surface area contributed by atoms with Gasteiger partial charge in [0.25, 0.3) is 0 Å². The van der Waals surface area contributed by atoms with E-state index < -0.39 is 11.9 Å². The van der Waals surface area contributed by atoms with Crippen LogP contribution >= 0.6 is 0 Å². The van der Waals surface area contributed by atoms with Crippen LogP contribution in [0.3, 0.4) is 0 Å². The lowest BCUT2D eigenvalue weighted by molar-refractivity contribution is -0.150. The van der Waals surface area contributed by atoms with Gasteiger partial charge in [-0.25, -0.2) is 14.4 Å². The zero-order valence-corrected chi connectivity index (χ0v) is 41.2. The molecule has 0 N–H and O–H groups in total. The summed E-state index contributed by atoms with van der Waals surface area (Å²) < 4.78 is 34.4. The molecule has 8 rings (SSSR count). The van der Waals surface area contributed by atoms with E-state index >= 15 is 0 Å². The Morgan fingerprint density at radius 3 is 1.91 bits per heavy atom. The number of unbranched alkanes of at least 4 members (excludes halogenated alkanes) is 1. The summed E-state index contributed by atoms with van der Waals surface area (Å²) in [6.45, 7) is 18.2. The number of carbonyl (C=O) groups excluding carboxylic acids is 3. The van der Waals surface area contributed by atoms with Crippen molar-refractivity contribution in [2.45, 2.75) is 138 Å². The molecule has 8 atom stereocenters. The van der Waals surface area contributed by atoms with Crippen molar-refractivity contribution in [2.24, 2.45) is 51.8 Å². The highest BCUT2D eigenvalue weighted by atomic mass is 16.5. The maximum Gasteiger partial charge on any atom is 0.343 e. The summed E-state index contributed by atoms with van der Waals surface area (Å²) in [7, 11) is 0. The number of hydrogen-bond donors (Lipinski definition) is 0. The standard InChI is InChI=1S/C58H76O9/c1-7-58(37-63-38-58)36-62-33-8-9-34-64-45-20-17-43(18-21-45)54(60)66-47-24-22-46(23-25-47)65-53(59)41-13-15-42(16-14-41)55(61)67-48-29-31-56(5)44(35-48)19-26-49-51-28-27-50(40(4)12-10-11-39(2)3)57(51,6)32-30-52(49)56/h13-25,39-40,48-52H,7-12,26-38H2,1-6H3. The van der Waals surface area contributed by atoms with Crippen LogP contribution in [0.5, 0.6) is 17.2 Å². The molecule has 1 aliphatic heterocycles. The van der Waals surface area contributed by atoms with Crippen molar-refractivity contribution in [3.8, 4) is 17.2 Å². The highest BCUT2D eigenvalue weighted by Crippen LogP contribution is 2.67. The van der Waals surface area contributed by atoms with Gasteiger partial charge in [0.2, 0.25) is 0 Å². The molecule has 3 aromatic rings. The monoisotopic (exact) mass is 917 g/mol. The van der Waals surface area contributed by atoms with Gasteiger partial charge in [-0.15, -0.1) is 0 Å². The predicted octanol–water partition coefficient (Wildman–Crippen LogP) is 13.3. The van der Waals surface area contributed by atoms with Crippen LogP contribution < -0.4 is 14.2 Å². The minimum Gasteiger partial charge on any atom is -0.494 e. The van der Waals surface area contributed by atoms with Crippen molar-refractivity contribution in [1.82, 2.24) is 0 Å². The minimum atomic E-state index is -0.564. The van der Waals surface area contributed by atoms with E-state index in [1.54, 1.807) is 72.8 Å². The topological polar surface area (TPSA) is 107 Å². The molecule has 1 saturated heterocycles. The van der Waals surface area contributed by atoms with Crippen molar-refractivity contribution in [3.05, 3.63) is 101 Å². The molecule has 4 aliphatic carbocycles. The van der Waals surface area contributed by atoms with E-state index in [9.17, 15) is 14.4 Å². The number of carbonyl (C=O) groups is 3. The van der Waals surface area contributed by atoms with Crippen LogP contribution in [-0.4, -0.2) is 57.0 Å². The van der Waals surface area contributed by atoms with E-state index in [0.29, 0.717) is 58.5 Å². The fourth-order valence-electron chi connectivity index (χ4n) is 12.9. The lowest BCUT2D eigenvalue weighted by Crippen LogP contribution is -2.51. The van der Waals surface area contributed by atoms with Gasteiger partial charge in [-0.2, -0.15) is 0 Å². The number of ether oxygens (including phenoxy) is 6. The van der Waals surface area contributed by atoms with Gasteiger partial charge in [0.1, 0.15) is 23.4 Å². The third kappa shape index (κ3) is 11.2. The Kier molecular flexibility index (Phi) is 15.7. The molecule has 0 amide bonds. The molecule has 9 nitrogen and oxygen atoms in total. The van der Waals surface area contributed by atoms with Crippen molar-refractivity contribution < 1.29 is 42.8 Å². The van der Waals surface area contributed by atoms with Crippen molar-refractivity contribution >= 4 is 17.9 Å². The number of rotatable bonds is 20. The van der Waals surface area contributed by atoms with E-state index in [1.807, 2.05) is 0 Å². The summed E-state index contributed by atoms with van der Waals surface area (Å²) in [6, 6.07) is 19.6. The third-order valence-electron chi connectivity index (χ3n) is 17.2. The van der Waals surface area contributed by atoms with Crippen molar-refractivity contribution in [2.75, 3.05) is 33.0 Å². The second-order valence-electron chi connectivity index (χ2n) is 21.9. The summed E-state index contributed by atoms with van der Waals surface area (Å²) in [5.41, 5.74) is 3.46. The molecular formula is C58H76O9. The number of fused-ring (bicyclic) bond motifs is 5. The van der Waals surface area contributed by atoms with E-state index in [1.165, 1.54) is 56.9 Å². The van der Waals surface area contributed by atoms with Gasteiger partial charge in [-0.1, -0.05) is 72.5 Å². The van der Waals surface area contributed by atoms with E-state index in [4.69, 9.17) is 28.4 Å². The van der Waals surface area contributed by atoms with E-state index in [-0.39, 0.29) is 22.9 Å². The van der Waals surface area contributed by atoms with Crippen molar-refractivity contribution in [3.63, 3.8) is 0 Å². The Labute approximate surface area is 400 Å². The third-order valence-corrected chi connectivity index (χ3v) is 17.2. The highest BCUT2D eigenvalue weighted by Gasteiger charge is 2.59. The maximum absolute atomic E-state index is 13.4. The number of hydrogen-bond acceptors (Lipinski definition) is 9. The summed E-state index contributed by atoms with van der Waals surface area (Å²) in [6.07, 6.45) is 18.7. The minimum absolute atomic E-state index is 0.148. The zero-order valence-electron chi connectivity index (χ0n) is 41.2. The molecule has 0 bridgehead atoms. The van der Waals surface area contributed by atoms with Gasteiger partial charge >= 0.3 is 17.9 Å². The number of benzene rings is 3. The second kappa shape index (κ2) is 21.4. The molecule has 0 spiro atoms. The van der Waals surface area contributed by atoms with Gasteiger partial charge in [-0.3, -0.25) is 0 Å². The molecular weight excluding hydrogens is 841 g/mol. The summed E-state index contributed by atoms with van der Waals surface area (Å²) in [5, 5.41) is 0. The zero-order chi connectivity index (χ0) is 47.2. The molecule has 0 aromatic heterocycles. The second-order valence-corrected chi connectivity index (χ2v) is 21.9. The molecule has 1 heterocycles. The Morgan fingerprint density at radius 1 is 0.687 bits per heavy atom. The average molecular weight is 917 g/mol. The fourth-order valence-corrected chi connectivity index (χ4v) is 12.9. The lowest BCUT2D eigenvalue weighted by atomic mass is 9.47. The first-order chi connectivity index (χ1) is 32.3. The molecule has 3 saturated carbocycles. The summed E-state index contributed by atoms with van der Waals surface area (Å²) in [4.78, 5) is 39.3. The molecule has 4 fully saturated rings. The van der Waals surface area contributed by atoms with Crippen LogP contribution in [0.1, 0.15) is 163 Å². The average Bonchev–Trinajstić information content (AvgIpc) is 3.67. The summed E-state index contributed by atoms with van der Waals surface area (Å²) in [5.74, 6) is 4.61. The molecule has 5 aliphatic rings. The van der Waals surface area contributed by atoms with Crippen LogP contribution in [0.25, 0.3) is 0 Å². The largest absolute Gasteiger partial charge is 0.494 e. The van der Waals surface area contributed by atoms with Gasteiger partial charge in [-0.05, 0) is 183 Å². The van der Waals surface area contributed by atoms with Crippen LogP contribution in [0, 0.1) is 51.8 Å². The van der Waals surface area contributed by atoms with Crippen LogP contribution in [0.4, 0.5) is 0 Å². The quantitative estimate of drug-likeness (QED) is 0.0474. The molecule has 8 unspecified atom stereocenters. The Hall–Kier alpha value is -4.47. The molecule has 3 aromatic carbocycles. The van der Waals surface area contributed by atoms with E-state index in [2.05, 4.69) is 47.6 Å². The van der Waals surface area contributed by atoms with Crippen LogP contribution in [0.2, 0.25) is 0 Å². The lowest BCUT2D eigenvalue weighted by Gasteiger charge is -2.58. The van der Waals surface area contributed by atoms with Crippen molar-refractivity contribution in [1.29, 1.82) is 0 Å². The molecule has 9 heteroatoms. The number of esters is 3. The first kappa shape index (κ1) is 49.0. The highest BCUT2D eigenvalue weighted by molar-refractivity contribution is 5.94. The normalized spacial score (nSPS) is 27.6. The summed E-state index contributed by atoms with van der Waals surface area (Å²) >= 11 is 0. The molecule has 67 heavy (non-hydrogen) atoms. The Morgan fingerprint density at radius 2 is 1.30 bits per heavy atom. The van der Waals surface area contributed by atoms with Crippen LogP contribution in [-0.2, 0) is 14.2 Å². The van der Waals surface area contributed by atoms with Gasteiger partial charge in [0.15, 0.2) is 0 Å². The van der Waals surface area contributed by atoms with Crippen LogP contribution in [0.15, 0.2) is 84.4 Å². The number of allylic oxidation sites excluding steroid dienone is 1. The fraction of sp³-hybridized carbons (Fsp3) is 0.603. The smallest absolute Gasteiger partial charge is 0.343 e. The first-order valence-corrected chi connectivity index (χ1v) is 25.7. The molecule has 362 valence electrons. The van der Waals surface area contributed by atoms with Gasteiger partial charge in [0, 0.05) is 18.4 Å². The van der Waals surface area contributed by atoms with E-state index in [0.717, 1.165) is 87.9 Å². The molecule has 0 radical (unpaired) electrons. The maximum atomic E-state index is 13.4. The predicted molar refractivity (Wildman–Crippen MR) is 261 cm³/mol. The Bertz CT molecular complexity index is 2170. The van der Waals surface area contributed by atoms with Gasteiger partial charge < -0.3 is 28.4 Å². The Balaban J connectivity index is 0.755.